The SMILES string of the molecule is CN=C(NCc1ccc(Br)c(F)c1)NC1CCN(c2cccc(C)n2)CC1. The minimum absolute atomic E-state index is 0.255. The van der Waals surface area contributed by atoms with Crippen LogP contribution in [0.4, 0.5) is 10.2 Å². The van der Waals surface area contributed by atoms with Gasteiger partial charge in [0.05, 0.1) is 4.47 Å². The molecule has 0 amide bonds. The molecule has 1 fully saturated rings. The highest BCUT2D eigenvalue weighted by atomic mass is 79.9. The number of pyridine rings is 1. The van der Waals surface area contributed by atoms with E-state index in [4.69, 9.17) is 0 Å². The summed E-state index contributed by atoms with van der Waals surface area (Å²) in [5.41, 5.74) is 1.92. The largest absolute Gasteiger partial charge is 0.356 e. The number of nitrogens with zero attached hydrogens (tertiary/aromatic N) is 3. The first kappa shape index (κ1) is 19.6. The summed E-state index contributed by atoms with van der Waals surface area (Å²) < 4.78 is 14.1. The second kappa shape index (κ2) is 9.17. The van der Waals surface area contributed by atoms with Gasteiger partial charge in [-0.3, -0.25) is 4.99 Å². The monoisotopic (exact) mass is 433 g/mol. The van der Waals surface area contributed by atoms with E-state index in [-0.39, 0.29) is 5.82 Å². The average Bonchev–Trinajstić information content (AvgIpc) is 2.68. The fourth-order valence-electron chi connectivity index (χ4n) is 3.18. The summed E-state index contributed by atoms with van der Waals surface area (Å²) in [5, 5.41) is 6.74. The van der Waals surface area contributed by atoms with Crippen LogP contribution >= 0.6 is 15.9 Å². The van der Waals surface area contributed by atoms with E-state index in [1.807, 2.05) is 19.1 Å². The van der Waals surface area contributed by atoms with Gasteiger partial charge in [0.25, 0.3) is 0 Å². The van der Waals surface area contributed by atoms with Crippen molar-refractivity contribution in [1.29, 1.82) is 0 Å². The van der Waals surface area contributed by atoms with Crippen LogP contribution in [0.2, 0.25) is 0 Å². The minimum Gasteiger partial charge on any atom is -0.356 e. The summed E-state index contributed by atoms with van der Waals surface area (Å²) in [7, 11) is 1.75. The molecule has 1 aliphatic rings. The van der Waals surface area contributed by atoms with Crippen LogP contribution in [0.25, 0.3) is 0 Å². The van der Waals surface area contributed by atoms with Gasteiger partial charge in [-0.1, -0.05) is 12.1 Å². The lowest BCUT2D eigenvalue weighted by Crippen LogP contribution is -2.48. The Labute approximate surface area is 168 Å². The molecule has 27 heavy (non-hydrogen) atoms. The van der Waals surface area contributed by atoms with E-state index >= 15 is 0 Å². The number of hydrogen-bond donors (Lipinski definition) is 2. The van der Waals surface area contributed by atoms with Gasteiger partial charge in [-0.2, -0.15) is 0 Å². The third-order valence-corrected chi connectivity index (χ3v) is 5.34. The van der Waals surface area contributed by atoms with Crippen LogP contribution in [0.15, 0.2) is 45.9 Å². The van der Waals surface area contributed by atoms with Crippen molar-refractivity contribution in [2.75, 3.05) is 25.0 Å². The van der Waals surface area contributed by atoms with Crippen molar-refractivity contribution in [2.24, 2.45) is 4.99 Å². The second-order valence-electron chi connectivity index (χ2n) is 6.72. The van der Waals surface area contributed by atoms with Gasteiger partial charge in [-0.05, 0) is 65.5 Å². The zero-order valence-corrected chi connectivity index (χ0v) is 17.3. The highest BCUT2D eigenvalue weighted by Gasteiger charge is 2.21. The van der Waals surface area contributed by atoms with Gasteiger partial charge in [0.1, 0.15) is 11.6 Å². The zero-order chi connectivity index (χ0) is 19.2. The van der Waals surface area contributed by atoms with Crippen LogP contribution in [-0.2, 0) is 6.54 Å². The Bertz CT molecular complexity index is 803. The predicted octanol–water partition coefficient (Wildman–Crippen LogP) is 3.63. The summed E-state index contributed by atoms with van der Waals surface area (Å²) in [4.78, 5) is 11.2. The molecule has 2 aromatic rings. The van der Waals surface area contributed by atoms with Crippen molar-refractivity contribution in [1.82, 2.24) is 15.6 Å². The molecule has 0 bridgehead atoms. The number of rotatable bonds is 4. The summed E-state index contributed by atoms with van der Waals surface area (Å²) in [6.45, 7) is 4.47. The van der Waals surface area contributed by atoms with E-state index in [9.17, 15) is 4.39 Å². The molecule has 1 aromatic heterocycles. The Hall–Kier alpha value is -2.15. The van der Waals surface area contributed by atoms with Crippen molar-refractivity contribution in [3.05, 3.63) is 57.9 Å². The predicted molar refractivity (Wildman–Crippen MR) is 112 cm³/mol. The van der Waals surface area contributed by atoms with Crippen molar-refractivity contribution in [2.45, 2.75) is 32.4 Å². The van der Waals surface area contributed by atoms with Crippen molar-refractivity contribution < 1.29 is 4.39 Å². The van der Waals surface area contributed by atoms with E-state index in [0.29, 0.717) is 17.1 Å². The number of aryl methyl sites for hydroxylation is 1. The van der Waals surface area contributed by atoms with Crippen molar-refractivity contribution in [3.63, 3.8) is 0 Å². The molecule has 2 N–H and O–H groups in total. The van der Waals surface area contributed by atoms with E-state index in [2.05, 4.69) is 53.6 Å². The first-order valence-corrected chi connectivity index (χ1v) is 9.94. The van der Waals surface area contributed by atoms with E-state index in [1.54, 1.807) is 13.1 Å². The van der Waals surface area contributed by atoms with Gasteiger partial charge in [0.2, 0.25) is 0 Å². The Morgan fingerprint density at radius 1 is 1.30 bits per heavy atom. The maximum absolute atomic E-state index is 13.6. The third kappa shape index (κ3) is 5.42. The van der Waals surface area contributed by atoms with Crippen LogP contribution in [0, 0.1) is 12.7 Å². The molecule has 3 rings (SSSR count). The number of aliphatic imine (C=N–C) groups is 1. The fraction of sp³-hybridized carbons (Fsp3) is 0.400. The lowest BCUT2D eigenvalue weighted by atomic mass is 10.1. The summed E-state index contributed by atoms with van der Waals surface area (Å²) in [6, 6.07) is 11.6. The lowest BCUT2D eigenvalue weighted by Gasteiger charge is -2.34. The Balaban J connectivity index is 1.48. The maximum atomic E-state index is 13.6. The van der Waals surface area contributed by atoms with Gasteiger partial charge in [0, 0.05) is 38.4 Å². The zero-order valence-electron chi connectivity index (χ0n) is 15.7. The molecule has 0 radical (unpaired) electrons. The number of halogens is 2. The van der Waals surface area contributed by atoms with Crippen LogP contribution in [-0.4, -0.2) is 37.1 Å². The summed E-state index contributed by atoms with van der Waals surface area (Å²) in [6.07, 6.45) is 2.03. The van der Waals surface area contributed by atoms with E-state index in [1.165, 1.54) is 6.07 Å². The number of hydrogen-bond acceptors (Lipinski definition) is 3. The summed E-state index contributed by atoms with van der Waals surface area (Å²) >= 11 is 3.17. The molecule has 0 saturated carbocycles. The lowest BCUT2D eigenvalue weighted by molar-refractivity contribution is 0.459. The molecule has 0 aliphatic carbocycles. The van der Waals surface area contributed by atoms with Gasteiger partial charge >= 0.3 is 0 Å². The molecule has 1 aliphatic heterocycles. The molecule has 0 atom stereocenters. The Morgan fingerprint density at radius 2 is 2.07 bits per heavy atom. The molecule has 0 spiro atoms. The van der Waals surface area contributed by atoms with Crippen LogP contribution in [0.3, 0.4) is 0 Å². The van der Waals surface area contributed by atoms with Gasteiger partial charge < -0.3 is 15.5 Å². The molecule has 144 valence electrons. The first-order valence-electron chi connectivity index (χ1n) is 9.15. The third-order valence-electron chi connectivity index (χ3n) is 4.70. The molecule has 1 saturated heterocycles. The number of nitrogens with one attached hydrogen (secondary N) is 2. The number of aromatic nitrogens is 1. The fourth-order valence-corrected chi connectivity index (χ4v) is 3.43. The summed E-state index contributed by atoms with van der Waals surface area (Å²) in [5.74, 6) is 1.54. The number of anilines is 1. The van der Waals surface area contributed by atoms with Crippen LogP contribution in [0.1, 0.15) is 24.1 Å². The molecule has 2 heterocycles. The van der Waals surface area contributed by atoms with E-state index in [0.717, 1.165) is 49.0 Å². The molecule has 0 unspecified atom stereocenters. The maximum Gasteiger partial charge on any atom is 0.191 e. The second-order valence-corrected chi connectivity index (χ2v) is 7.57. The van der Waals surface area contributed by atoms with Gasteiger partial charge in [0.15, 0.2) is 5.96 Å². The average molecular weight is 434 g/mol. The highest BCUT2D eigenvalue weighted by Crippen LogP contribution is 2.18. The molecular weight excluding hydrogens is 409 g/mol. The van der Waals surface area contributed by atoms with Crippen LogP contribution < -0.4 is 15.5 Å². The van der Waals surface area contributed by atoms with Gasteiger partial charge in [-0.15, -0.1) is 0 Å². The van der Waals surface area contributed by atoms with Crippen molar-refractivity contribution >= 4 is 27.7 Å². The van der Waals surface area contributed by atoms with Crippen molar-refractivity contribution in [3.8, 4) is 0 Å². The molecule has 5 nitrogen and oxygen atoms in total. The normalized spacial score (nSPS) is 15.7. The topological polar surface area (TPSA) is 52.6 Å². The Morgan fingerprint density at radius 3 is 2.74 bits per heavy atom. The minimum atomic E-state index is -0.255. The number of piperidine rings is 1. The first-order chi connectivity index (χ1) is 13.0. The molecule has 7 heteroatoms. The van der Waals surface area contributed by atoms with Gasteiger partial charge in [-0.25, -0.2) is 9.37 Å². The van der Waals surface area contributed by atoms with E-state index < -0.39 is 0 Å². The molecular formula is C20H25BrFN5. The Kier molecular flexibility index (Phi) is 6.66. The molecule has 1 aromatic carbocycles. The standard InChI is InChI=1S/C20H25BrFN5/c1-14-4-3-5-19(25-14)27-10-8-16(9-11-27)26-20(23-2)24-13-15-6-7-17(21)18(22)12-15/h3-7,12,16H,8-11,13H2,1-2H3,(H2,23,24,26). The number of benzene rings is 1. The highest BCUT2D eigenvalue weighted by molar-refractivity contribution is 9.10. The van der Waals surface area contributed by atoms with Crippen LogP contribution in [0.5, 0.6) is 0 Å². The smallest absolute Gasteiger partial charge is 0.191 e. The quantitative estimate of drug-likeness (QED) is 0.570. The number of guanidine groups is 1.